The van der Waals surface area contributed by atoms with E-state index in [4.69, 9.17) is 5.73 Å². The molecular formula is C10H14N4O2. The third-order valence-corrected chi connectivity index (χ3v) is 2.89. The molecule has 1 aliphatic carbocycles. The predicted molar refractivity (Wildman–Crippen MR) is 55.7 cm³/mol. The minimum atomic E-state index is -0.713. The summed E-state index contributed by atoms with van der Waals surface area (Å²) in [7, 11) is 0. The zero-order valence-corrected chi connectivity index (χ0v) is 8.93. The van der Waals surface area contributed by atoms with Crippen molar-refractivity contribution >= 4 is 11.8 Å². The number of hydrogen-bond acceptors (Lipinski definition) is 4. The summed E-state index contributed by atoms with van der Waals surface area (Å²) in [5.41, 5.74) is 5.02. The van der Waals surface area contributed by atoms with Crippen LogP contribution in [-0.2, 0) is 0 Å². The topological polar surface area (TPSA) is 90.9 Å². The van der Waals surface area contributed by atoms with Crippen LogP contribution in [0.25, 0.3) is 0 Å². The molecule has 6 nitrogen and oxygen atoms in total. The van der Waals surface area contributed by atoms with Crippen LogP contribution in [-0.4, -0.2) is 26.6 Å². The number of amides is 1. The first-order valence-corrected chi connectivity index (χ1v) is 5.44. The molecule has 0 aromatic carbocycles. The molecule has 1 saturated carbocycles. The summed E-state index contributed by atoms with van der Waals surface area (Å²) >= 11 is 0. The number of nitrogens with two attached hydrogens (primary N) is 1. The smallest absolute Gasteiger partial charge is 0.288 e. The fraction of sp³-hybridized carbons (Fsp3) is 0.600. The molecule has 6 heteroatoms. The maximum atomic E-state index is 11.9. The molecule has 1 aliphatic rings. The molecule has 16 heavy (non-hydrogen) atoms. The van der Waals surface area contributed by atoms with Gasteiger partial charge in [-0.05, 0) is 12.8 Å². The fourth-order valence-electron chi connectivity index (χ4n) is 2.02. The first kappa shape index (κ1) is 10.8. The van der Waals surface area contributed by atoms with Crippen LogP contribution in [0.15, 0.2) is 6.33 Å². The van der Waals surface area contributed by atoms with Crippen molar-refractivity contribution in [3.8, 4) is 0 Å². The highest BCUT2D eigenvalue weighted by atomic mass is 16.2. The van der Waals surface area contributed by atoms with Gasteiger partial charge in [0.25, 0.3) is 11.8 Å². The minimum absolute atomic E-state index is 0.0103. The third-order valence-electron chi connectivity index (χ3n) is 2.89. The summed E-state index contributed by atoms with van der Waals surface area (Å²) in [6, 6.07) is 0. The van der Waals surface area contributed by atoms with Gasteiger partial charge in [0, 0.05) is 5.92 Å². The molecule has 0 spiro atoms. The van der Waals surface area contributed by atoms with Gasteiger partial charge in [-0.15, -0.1) is 5.10 Å². The maximum Gasteiger partial charge on any atom is 0.288 e. The Morgan fingerprint density at radius 3 is 2.56 bits per heavy atom. The van der Waals surface area contributed by atoms with Gasteiger partial charge in [-0.25, -0.2) is 4.98 Å². The number of hydrogen-bond donors (Lipinski definition) is 1. The average Bonchev–Trinajstić information content (AvgIpc) is 2.78. The molecule has 1 fully saturated rings. The lowest BCUT2D eigenvalue weighted by atomic mass is 9.89. The highest BCUT2D eigenvalue weighted by Crippen LogP contribution is 2.24. The number of aromatic nitrogens is 3. The zero-order chi connectivity index (χ0) is 11.5. The summed E-state index contributed by atoms with van der Waals surface area (Å²) in [5, 5.41) is 3.77. The molecule has 2 rings (SSSR count). The number of carbonyl (C=O) groups excluding carboxylic acids is 2. The van der Waals surface area contributed by atoms with E-state index in [1.165, 1.54) is 12.7 Å². The predicted octanol–water partition coefficient (Wildman–Crippen LogP) is 0.597. The van der Waals surface area contributed by atoms with E-state index in [1.54, 1.807) is 0 Å². The van der Waals surface area contributed by atoms with E-state index in [0.717, 1.165) is 30.4 Å². The first-order valence-electron chi connectivity index (χ1n) is 5.44. The van der Waals surface area contributed by atoms with Crippen molar-refractivity contribution in [2.24, 2.45) is 11.7 Å². The lowest BCUT2D eigenvalue weighted by Crippen LogP contribution is -2.25. The molecule has 1 amide bonds. The summed E-state index contributed by atoms with van der Waals surface area (Å²) in [5.74, 6) is -0.893. The molecule has 0 aliphatic heterocycles. The Hall–Kier alpha value is -1.72. The van der Waals surface area contributed by atoms with Gasteiger partial charge in [0.05, 0.1) is 0 Å². The molecule has 86 valence electrons. The standard InChI is InChI=1S/C10H14N4O2/c11-8(15)9-12-6-14(13-9)10(16)7-4-2-1-3-5-7/h6-7H,1-5H2,(H2,11,15). The molecule has 1 heterocycles. The van der Waals surface area contributed by atoms with E-state index >= 15 is 0 Å². The number of primary amides is 1. The van der Waals surface area contributed by atoms with Crippen molar-refractivity contribution in [1.82, 2.24) is 14.8 Å². The van der Waals surface area contributed by atoms with Crippen LogP contribution in [0.3, 0.4) is 0 Å². The van der Waals surface area contributed by atoms with Gasteiger partial charge >= 0.3 is 0 Å². The van der Waals surface area contributed by atoms with Gasteiger partial charge in [-0.2, -0.15) is 4.68 Å². The number of rotatable bonds is 2. The van der Waals surface area contributed by atoms with Crippen molar-refractivity contribution in [2.75, 3.05) is 0 Å². The largest absolute Gasteiger partial charge is 0.363 e. The summed E-state index contributed by atoms with van der Waals surface area (Å²) in [6.07, 6.45) is 6.39. The Morgan fingerprint density at radius 2 is 2.00 bits per heavy atom. The van der Waals surface area contributed by atoms with Crippen LogP contribution in [0.4, 0.5) is 0 Å². The van der Waals surface area contributed by atoms with Crippen LogP contribution in [0.5, 0.6) is 0 Å². The molecular weight excluding hydrogens is 208 g/mol. The van der Waals surface area contributed by atoms with Crippen LogP contribution >= 0.6 is 0 Å². The van der Waals surface area contributed by atoms with Crippen LogP contribution in [0.1, 0.15) is 47.5 Å². The quantitative estimate of drug-likeness (QED) is 0.793. The highest BCUT2D eigenvalue weighted by Gasteiger charge is 2.23. The second-order valence-electron chi connectivity index (χ2n) is 4.05. The van der Waals surface area contributed by atoms with Crippen molar-refractivity contribution in [3.63, 3.8) is 0 Å². The molecule has 2 N–H and O–H groups in total. The van der Waals surface area contributed by atoms with Crippen molar-refractivity contribution in [1.29, 1.82) is 0 Å². The lowest BCUT2D eigenvalue weighted by Gasteiger charge is -2.19. The second-order valence-corrected chi connectivity index (χ2v) is 4.05. The Kier molecular flexibility index (Phi) is 2.98. The first-order chi connectivity index (χ1) is 7.68. The Balaban J connectivity index is 2.10. The van der Waals surface area contributed by atoms with Gasteiger partial charge in [0.1, 0.15) is 6.33 Å². The Bertz CT molecular complexity index is 407. The van der Waals surface area contributed by atoms with Crippen LogP contribution in [0, 0.1) is 5.92 Å². The molecule has 0 unspecified atom stereocenters. The van der Waals surface area contributed by atoms with Gasteiger partial charge in [0.2, 0.25) is 5.82 Å². The van der Waals surface area contributed by atoms with Gasteiger partial charge in [0.15, 0.2) is 0 Å². The van der Waals surface area contributed by atoms with Crippen LogP contribution < -0.4 is 5.73 Å². The Labute approximate surface area is 92.8 Å². The molecule has 0 saturated heterocycles. The summed E-state index contributed by atoms with van der Waals surface area (Å²) in [4.78, 5) is 26.4. The van der Waals surface area contributed by atoms with Gasteiger partial charge < -0.3 is 5.73 Å². The van der Waals surface area contributed by atoms with Gasteiger partial charge in [-0.1, -0.05) is 19.3 Å². The van der Waals surface area contributed by atoms with Crippen molar-refractivity contribution < 1.29 is 9.59 Å². The molecule has 0 radical (unpaired) electrons. The molecule has 0 atom stereocenters. The maximum absolute atomic E-state index is 11.9. The average molecular weight is 222 g/mol. The monoisotopic (exact) mass is 222 g/mol. The fourth-order valence-corrected chi connectivity index (χ4v) is 2.02. The second kappa shape index (κ2) is 4.42. The van der Waals surface area contributed by atoms with Crippen molar-refractivity contribution in [3.05, 3.63) is 12.2 Å². The summed E-state index contributed by atoms with van der Waals surface area (Å²) in [6.45, 7) is 0. The van der Waals surface area contributed by atoms with Gasteiger partial charge in [-0.3, -0.25) is 9.59 Å². The van der Waals surface area contributed by atoms with Crippen LogP contribution in [0.2, 0.25) is 0 Å². The highest BCUT2D eigenvalue weighted by molar-refractivity contribution is 5.89. The van der Waals surface area contributed by atoms with Crippen molar-refractivity contribution in [2.45, 2.75) is 32.1 Å². The minimum Gasteiger partial charge on any atom is -0.363 e. The lowest BCUT2D eigenvalue weighted by molar-refractivity contribution is 0.0783. The van der Waals surface area contributed by atoms with E-state index in [9.17, 15) is 9.59 Å². The number of carbonyl (C=O) groups is 2. The van der Waals surface area contributed by atoms with E-state index in [1.807, 2.05) is 0 Å². The third kappa shape index (κ3) is 2.10. The Morgan fingerprint density at radius 1 is 1.31 bits per heavy atom. The van der Waals surface area contributed by atoms with E-state index < -0.39 is 5.91 Å². The normalized spacial score (nSPS) is 17.2. The summed E-state index contributed by atoms with van der Waals surface area (Å²) < 4.78 is 1.13. The molecule has 1 aromatic rings. The SMILES string of the molecule is NC(=O)c1ncn(C(=O)C2CCCCC2)n1. The zero-order valence-electron chi connectivity index (χ0n) is 8.93. The van der Waals surface area contributed by atoms with E-state index in [2.05, 4.69) is 10.1 Å². The van der Waals surface area contributed by atoms with E-state index in [-0.39, 0.29) is 17.6 Å². The number of nitrogens with zero attached hydrogens (tertiary/aromatic N) is 3. The molecule has 1 aromatic heterocycles. The molecule has 0 bridgehead atoms. The van der Waals surface area contributed by atoms with E-state index in [0.29, 0.717) is 0 Å².